The van der Waals surface area contributed by atoms with E-state index in [-0.39, 0.29) is 17.1 Å². The molecule has 1 aromatic carbocycles. The fourth-order valence-electron chi connectivity index (χ4n) is 3.89. The standard InChI is InChI=1S/C23H26ClF2N5/c24-23-19(20(25)3-4-21(23)26)15-30-11-6-18(14-28-16-27-8-12-30)17-5-7-29-22(13-17)31-9-1-2-10-31/h3-7,13-14,27H,1-2,8-12,15-16H2/b18-6+,28-14?. The minimum atomic E-state index is -0.605. The highest BCUT2D eigenvalue weighted by Gasteiger charge is 2.17. The fraction of sp³-hybridized carbons (Fsp3) is 0.391. The van der Waals surface area contributed by atoms with Gasteiger partial charge in [-0.3, -0.25) is 15.2 Å². The third-order valence-electron chi connectivity index (χ3n) is 5.64. The van der Waals surface area contributed by atoms with Crippen molar-refractivity contribution >= 4 is 29.2 Å². The molecule has 1 aromatic heterocycles. The molecule has 2 aliphatic heterocycles. The second kappa shape index (κ2) is 10.3. The molecule has 0 radical (unpaired) electrons. The number of allylic oxidation sites excluding steroid dienone is 1. The normalized spacial score (nSPS) is 20.0. The van der Waals surface area contributed by atoms with Crippen LogP contribution in [-0.4, -0.2) is 55.5 Å². The number of pyridine rings is 1. The number of rotatable bonds is 4. The van der Waals surface area contributed by atoms with E-state index in [0.717, 1.165) is 42.2 Å². The number of hydrogen-bond acceptors (Lipinski definition) is 5. The lowest BCUT2D eigenvalue weighted by atomic mass is 10.1. The maximum Gasteiger partial charge on any atom is 0.142 e. The van der Waals surface area contributed by atoms with E-state index < -0.39 is 11.6 Å². The van der Waals surface area contributed by atoms with Crippen molar-refractivity contribution in [2.75, 3.05) is 44.3 Å². The number of aromatic nitrogens is 1. The topological polar surface area (TPSA) is 43.8 Å². The average molecular weight is 446 g/mol. The van der Waals surface area contributed by atoms with Crippen LogP contribution in [0.2, 0.25) is 5.02 Å². The minimum Gasteiger partial charge on any atom is -0.357 e. The zero-order chi connectivity index (χ0) is 21.6. The Labute approximate surface area is 186 Å². The zero-order valence-corrected chi connectivity index (χ0v) is 18.1. The van der Waals surface area contributed by atoms with Crippen LogP contribution in [0.25, 0.3) is 5.57 Å². The molecule has 0 amide bonds. The van der Waals surface area contributed by atoms with Gasteiger partial charge in [0.2, 0.25) is 0 Å². The number of benzene rings is 1. The summed E-state index contributed by atoms with van der Waals surface area (Å²) in [5.41, 5.74) is 2.20. The zero-order valence-electron chi connectivity index (χ0n) is 17.3. The second-order valence-electron chi connectivity index (χ2n) is 7.78. The Bertz CT molecular complexity index is 972. The van der Waals surface area contributed by atoms with E-state index in [2.05, 4.69) is 32.3 Å². The Morgan fingerprint density at radius 1 is 1.06 bits per heavy atom. The van der Waals surface area contributed by atoms with Gasteiger partial charge in [0.15, 0.2) is 0 Å². The molecular weight excluding hydrogens is 420 g/mol. The highest BCUT2D eigenvalue weighted by Crippen LogP contribution is 2.25. The SMILES string of the molecule is Fc1ccc(F)c(CN2C/C=C(/c3ccnc(N4CCCC4)c3)C=NCNCC2)c1Cl. The van der Waals surface area contributed by atoms with E-state index in [0.29, 0.717) is 26.3 Å². The molecule has 1 fully saturated rings. The van der Waals surface area contributed by atoms with Crippen molar-refractivity contribution in [3.63, 3.8) is 0 Å². The summed E-state index contributed by atoms with van der Waals surface area (Å²) in [6, 6.07) is 6.25. The molecule has 3 heterocycles. The predicted octanol–water partition coefficient (Wildman–Crippen LogP) is 4.13. The van der Waals surface area contributed by atoms with Gasteiger partial charge in [0, 0.05) is 57.2 Å². The van der Waals surface area contributed by atoms with Crippen LogP contribution >= 0.6 is 11.6 Å². The van der Waals surface area contributed by atoms with Gasteiger partial charge in [-0.25, -0.2) is 13.8 Å². The molecule has 1 saturated heterocycles. The van der Waals surface area contributed by atoms with Gasteiger partial charge in [0.05, 0.1) is 11.7 Å². The summed E-state index contributed by atoms with van der Waals surface area (Å²) in [5, 5.41) is 3.10. The molecule has 0 unspecified atom stereocenters. The Kier molecular flexibility index (Phi) is 7.27. The summed E-state index contributed by atoms with van der Waals surface area (Å²) in [6.07, 6.45) is 8.14. The maximum absolute atomic E-state index is 14.3. The van der Waals surface area contributed by atoms with Crippen molar-refractivity contribution in [2.24, 2.45) is 4.99 Å². The van der Waals surface area contributed by atoms with Crippen LogP contribution in [0, 0.1) is 11.6 Å². The minimum absolute atomic E-state index is 0.153. The van der Waals surface area contributed by atoms with Crippen molar-refractivity contribution < 1.29 is 8.78 Å². The van der Waals surface area contributed by atoms with Crippen molar-refractivity contribution in [3.05, 3.63) is 64.3 Å². The first-order valence-electron chi connectivity index (χ1n) is 10.6. The number of aliphatic imine (C=N–C) groups is 1. The first kappa shape index (κ1) is 21.9. The number of hydrogen-bond donors (Lipinski definition) is 1. The van der Waals surface area contributed by atoms with Crippen molar-refractivity contribution in [2.45, 2.75) is 19.4 Å². The van der Waals surface area contributed by atoms with Crippen LogP contribution < -0.4 is 10.2 Å². The van der Waals surface area contributed by atoms with Crippen LogP contribution in [0.5, 0.6) is 0 Å². The first-order chi connectivity index (χ1) is 15.1. The summed E-state index contributed by atoms with van der Waals surface area (Å²) in [6.45, 7) is 4.66. The summed E-state index contributed by atoms with van der Waals surface area (Å²) in [7, 11) is 0. The number of halogens is 3. The number of nitrogens with zero attached hydrogens (tertiary/aromatic N) is 4. The van der Waals surface area contributed by atoms with Gasteiger partial charge in [-0.05, 0) is 48.2 Å². The van der Waals surface area contributed by atoms with Crippen LogP contribution in [0.1, 0.15) is 24.0 Å². The third kappa shape index (κ3) is 5.47. The molecule has 164 valence electrons. The van der Waals surface area contributed by atoms with Gasteiger partial charge in [-0.1, -0.05) is 17.7 Å². The smallest absolute Gasteiger partial charge is 0.142 e. The largest absolute Gasteiger partial charge is 0.357 e. The monoisotopic (exact) mass is 445 g/mol. The summed E-state index contributed by atoms with van der Waals surface area (Å²) >= 11 is 6.05. The van der Waals surface area contributed by atoms with Gasteiger partial charge < -0.3 is 4.90 Å². The lowest BCUT2D eigenvalue weighted by Crippen LogP contribution is -2.33. The van der Waals surface area contributed by atoms with Crippen molar-refractivity contribution in [1.29, 1.82) is 0 Å². The second-order valence-corrected chi connectivity index (χ2v) is 8.16. The third-order valence-corrected chi connectivity index (χ3v) is 6.05. The molecule has 8 heteroatoms. The molecule has 2 aliphatic rings. The molecule has 0 aliphatic carbocycles. The van der Waals surface area contributed by atoms with Crippen molar-refractivity contribution in [3.8, 4) is 0 Å². The van der Waals surface area contributed by atoms with Gasteiger partial charge in [0.25, 0.3) is 0 Å². The molecule has 1 N–H and O–H groups in total. The molecule has 0 spiro atoms. The lowest BCUT2D eigenvalue weighted by Gasteiger charge is -2.23. The quantitative estimate of drug-likeness (QED) is 0.719. The summed E-state index contributed by atoms with van der Waals surface area (Å²) in [5.74, 6) is -0.122. The van der Waals surface area contributed by atoms with Crippen LogP contribution in [0.3, 0.4) is 0 Å². The van der Waals surface area contributed by atoms with Gasteiger partial charge in [-0.2, -0.15) is 0 Å². The van der Waals surface area contributed by atoms with Crippen LogP contribution in [0.15, 0.2) is 41.5 Å². The highest BCUT2D eigenvalue weighted by molar-refractivity contribution is 6.31. The summed E-state index contributed by atoms with van der Waals surface area (Å²) in [4.78, 5) is 13.3. The predicted molar refractivity (Wildman–Crippen MR) is 122 cm³/mol. The molecule has 5 nitrogen and oxygen atoms in total. The fourth-order valence-corrected chi connectivity index (χ4v) is 4.10. The highest BCUT2D eigenvalue weighted by atomic mass is 35.5. The molecule has 2 aromatic rings. The average Bonchev–Trinajstić information content (AvgIpc) is 3.33. The van der Waals surface area contributed by atoms with Gasteiger partial charge in [-0.15, -0.1) is 0 Å². The number of anilines is 1. The van der Waals surface area contributed by atoms with E-state index in [9.17, 15) is 8.78 Å². The van der Waals surface area contributed by atoms with Gasteiger partial charge in [0.1, 0.15) is 17.5 Å². The Balaban J connectivity index is 1.57. The van der Waals surface area contributed by atoms with E-state index in [1.54, 1.807) is 0 Å². The van der Waals surface area contributed by atoms with Gasteiger partial charge >= 0.3 is 0 Å². The van der Waals surface area contributed by atoms with E-state index in [1.165, 1.54) is 12.8 Å². The lowest BCUT2D eigenvalue weighted by molar-refractivity contribution is 0.289. The molecule has 4 rings (SSSR count). The Hall–Kier alpha value is -2.35. The first-order valence-corrected chi connectivity index (χ1v) is 11.0. The van der Waals surface area contributed by atoms with E-state index >= 15 is 0 Å². The van der Waals surface area contributed by atoms with Crippen LogP contribution in [0.4, 0.5) is 14.6 Å². The number of nitrogens with one attached hydrogen (secondary N) is 1. The maximum atomic E-state index is 14.3. The Morgan fingerprint density at radius 3 is 2.71 bits per heavy atom. The van der Waals surface area contributed by atoms with Crippen molar-refractivity contribution in [1.82, 2.24) is 15.2 Å². The molecule has 31 heavy (non-hydrogen) atoms. The van der Waals surface area contributed by atoms with Crippen LogP contribution in [-0.2, 0) is 6.54 Å². The molecule has 0 saturated carbocycles. The molecule has 0 bridgehead atoms. The Morgan fingerprint density at radius 2 is 1.87 bits per heavy atom. The van der Waals surface area contributed by atoms with E-state index in [4.69, 9.17) is 11.6 Å². The molecular formula is C23H26ClF2N5. The molecule has 0 atom stereocenters. The summed E-state index contributed by atoms with van der Waals surface area (Å²) < 4.78 is 28.2. The van der Waals surface area contributed by atoms with E-state index in [1.807, 2.05) is 23.4 Å².